The van der Waals surface area contributed by atoms with Crippen molar-refractivity contribution in [2.75, 3.05) is 4.67 Å². The van der Waals surface area contributed by atoms with Gasteiger partial charge in [-0.1, -0.05) is 170 Å². The molecule has 0 aliphatic heterocycles. The van der Waals surface area contributed by atoms with Crippen molar-refractivity contribution in [1.29, 1.82) is 0 Å². The Kier molecular flexibility index (Phi) is 7.99. The molecule has 0 atom stereocenters. The molecular formula is C46H34NO2P. The van der Waals surface area contributed by atoms with E-state index in [9.17, 15) is 0 Å². The second-order valence-corrected chi connectivity index (χ2v) is 14.1. The Morgan fingerprint density at radius 1 is 0.400 bits per heavy atom. The van der Waals surface area contributed by atoms with E-state index >= 15 is 0 Å². The number of benzene rings is 8. The molecule has 1 aromatic heterocycles. The predicted octanol–water partition coefficient (Wildman–Crippen LogP) is 13.3. The number of hydrogen-bond acceptors (Lipinski definition) is 3. The molecule has 240 valence electrons. The van der Waals surface area contributed by atoms with E-state index in [0.29, 0.717) is 13.1 Å². The van der Waals surface area contributed by atoms with Crippen LogP contribution in [0.25, 0.3) is 65.7 Å². The van der Waals surface area contributed by atoms with Crippen LogP contribution in [-0.2, 0) is 13.1 Å². The molecular weight excluding hydrogens is 629 g/mol. The van der Waals surface area contributed by atoms with Gasteiger partial charge in [-0.2, -0.15) is 4.67 Å². The van der Waals surface area contributed by atoms with E-state index in [1.165, 1.54) is 11.1 Å². The Morgan fingerprint density at radius 3 is 1.18 bits per heavy atom. The zero-order valence-electron chi connectivity index (χ0n) is 27.4. The molecule has 0 radical (unpaired) electrons. The van der Waals surface area contributed by atoms with Crippen LogP contribution in [0.3, 0.4) is 0 Å². The van der Waals surface area contributed by atoms with Crippen molar-refractivity contribution >= 4 is 51.6 Å². The molecule has 50 heavy (non-hydrogen) atoms. The summed E-state index contributed by atoms with van der Waals surface area (Å²) in [5.41, 5.74) is 8.41. The van der Waals surface area contributed by atoms with Crippen molar-refractivity contribution in [3.05, 3.63) is 193 Å². The van der Waals surface area contributed by atoms with Crippen molar-refractivity contribution in [3.8, 4) is 22.3 Å². The maximum atomic E-state index is 7.45. The Bertz CT molecular complexity index is 2460. The van der Waals surface area contributed by atoms with Gasteiger partial charge in [-0.25, -0.2) is 0 Å². The number of hydrogen-bond donors (Lipinski definition) is 0. The molecule has 9 aromatic rings. The number of rotatable bonds is 7. The minimum Gasteiger partial charge on any atom is -0.407 e. The molecule has 8 aromatic carbocycles. The first kappa shape index (κ1) is 30.2. The zero-order chi connectivity index (χ0) is 33.3. The lowest BCUT2D eigenvalue weighted by Gasteiger charge is -2.19. The van der Waals surface area contributed by atoms with Gasteiger partial charge in [-0.3, -0.25) is 0 Å². The Labute approximate surface area is 292 Å². The van der Waals surface area contributed by atoms with Crippen LogP contribution in [0.15, 0.2) is 190 Å². The molecule has 0 saturated heterocycles. The molecule has 3 nitrogen and oxygen atoms in total. The highest BCUT2D eigenvalue weighted by Crippen LogP contribution is 2.48. The quantitative estimate of drug-likeness (QED) is 0.170. The van der Waals surface area contributed by atoms with Crippen molar-refractivity contribution in [2.45, 2.75) is 13.1 Å². The summed E-state index contributed by atoms with van der Waals surface area (Å²) in [6, 6.07) is 64.4. The van der Waals surface area contributed by atoms with E-state index in [1.54, 1.807) is 0 Å². The van der Waals surface area contributed by atoms with Crippen LogP contribution < -0.4 is 4.67 Å². The Morgan fingerprint density at radius 2 is 0.760 bits per heavy atom. The van der Waals surface area contributed by atoms with Gasteiger partial charge in [0.15, 0.2) is 11.2 Å². The maximum Gasteiger partial charge on any atom is 0.310 e. The minimum atomic E-state index is -1.67. The summed E-state index contributed by atoms with van der Waals surface area (Å²) in [6.45, 7) is 1.32. The van der Waals surface area contributed by atoms with Crippen LogP contribution in [0.2, 0.25) is 0 Å². The highest BCUT2D eigenvalue weighted by atomic mass is 31.1. The monoisotopic (exact) mass is 663 g/mol. The lowest BCUT2D eigenvalue weighted by atomic mass is 9.91. The van der Waals surface area contributed by atoms with E-state index in [4.69, 9.17) is 8.39 Å². The van der Waals surface area contributed by atoms with E-state index in [1.807, 2.05) is 0 Å². The second-order valence-electron chi connectivity index (χ2n) is 12.6. The normalized spacial score (nSPS) is 11.5. The Balaban J connectivity index is 1.49. The number of fused-ring (bicyclic) bond motifs is 7. The van der Waals surface area contributed by atoms with Crippen LogP contribution in [0.4, 0.5) is 0 Å². The summed E-state index contributed by atoms with van der Waals surface area (Å²) in [5.74, 6) is 0. The SMILES string of the molecule is c1ccc(CN(Cc2ccccc2)p2oc3c(-c4ccccc4)cc4ccccc4c3c3c(o2)c(-c2ccccc2)cc2ccccc23)cc1. The van der Waals surface area contributed by atoms with Crippen LogP contribution in [0.5, 0.6) is 0 Å². The fourth-order valence-electron chi connectivity index (χ4n) is 7.06. The molecule has 4 heteroatoms. The predicted molar refractivity (Wildman–Crippen MR) is 211 cm³/mol. The summed E-state index contributed by atoms with van der Waals surface area (Å²) < 4.78 is 17.3. The first-order chi connectivity index (χ1) is 24.8. The molecule has 0 spiro atoms. The fourth-order valence-corrected chi connectivity index (χ4v) is 8.57. The van der Waals surface area contributed by atoms with Gasteiger partial charge in [-0.15, -0.1) is 0 Å². The minimum absolute atomic E-state index is 0.661. The largest absolute Gasteiger partial charge is 0.407 e. The topological polar surface area (TPSA) is 29.5 Å². The first-order valence-corrected chi connectivity index (χ1v) is 18.1. The summed E-state index contributed by atoms with van der Waals surface area (Å²) in [5, 5.41) is 6.72. The second kappa shape index (κ2) is 13.2. The van der Waals surface area contributed by atoms with Crippen LogP contribution in [0.1, 0.15) is 11.1 Å². The van der Waals surface area contributed by atoms with Crippen LogP contribution in [0, 0.1) is 0 Å². The van der Waals surface area contributed by atoms with Crippen LogP contribution in [-0.4, -0.2) is 0 Å². The average Bonchev–Trinajstić information content (AvgIpc) is 3.37. The standard InChI is InChI=1S/C46H34NO2P/c1-5-17-33(18-6-1)31-47(32-34-19-7-2-8-20-34)50-48-45-41(35-21-9-3-10-22-35)29-37-25-13-15-27-39(37)43(45)44-40-28-16-14-26-38(40)30-42(46(44)49-50)36-23-11-4-12-24-36/h1-30H,31-32H2. The summed E-state index contributed by atoms with van der Waals surface area (Å²) >= 11 is 0. The summed E-state index contributed by atoms with van der Waals surface area (Å²) in [7, 11) is -1.67. The molecule has 0 bridgehead atoms. The average molecular weight is 664 g/mol. The van der Waals surface area contributed by atoms with E-state index in [2.05, 4.69) is 187 Å². The van der Waals surface area contributed by atoms with Gasteiger partial charge in [0.2, 0.25) is 0 Å². The molecule has 0 amide bonds. The first-order valence-electron chi connectivity index (χ1n) is 17.0. The van der Waals surface area contributed by atoms with Gasteiger partial charge in [0.25, 0.3) is 0 Å². The third kappa shape index (κ3) is 5.67. The highest BCUT2D eigenvalue weighted by molar-refractivity contribution is 7.38. The van der Waals surface area contributed by atoms with Crippen molar-refractivity contribution < 1.29 is 8.39 Å². The smallest absolute Gasteiger partial charge is 0.310 e. The van der Waals surface area contributed by atoms with Crippen molar-refractivity contribution in [2.24, 2.45) is 0 Å². The Hall–Kier alpha value is -5.86. The van der Waals surface area contributed by atoms with Gasteiger partial charge in [0.05, 0.1) is 0 Å². The zero-order valence-corrected chi connectivity index (χ0v) is 28.3. The van der Waals surface area contributed by atoms with Crippen molar-refractivity contribution in [1.82, 2.24) is 0 Å². The molecule has 0 N–H and O–H groups in total. The van der Waals surface area contributed by atoms with E-state index < -0.39 is 8.16 Å². The van der Waals surface area contributed by atoms with Gasteiger partial charge in [-0.05, 0) is 55.9 Å². The molecule has 9 rings (SSSR count). The third-order valence-electron chi connectivity index (χ3n) is 9.41. The molecule has 0 aliphatic carbocycles. The van der Waals surface area contributed by atoms with E-state index in [0.717, 1.165) is 65.7 Å². The van der Waals surface area contributed by atoms with Crippen molar-refractivity contribution in [3.63, 3.8) is 0 Å². The molecule has 0 aliphatic rings. The van der Waals surface area contributed by atoms with Gasteiger partial charge >= 0.3 is 8.16 Å². The van der Waals surface area contributed by atoms with Crippen LogP contribution >= 0.6 is 8.16 Å². The van der Waals surface area contributed by atoms with Gasteiger partial charge < -0.3 is 8.39 Å². The number of nitrogens with zero attached hydrogens (tertiary/aromatic N) is 1. The lowest BCUT2D eigenvalue weighted by molar-refractivity contribution is 0.618. The van der Waals surface area contributed by atoms with Gasteiger partial charge in [0.1, 0.15) is 0 Å². The summed E-state index contributed by atoms with van der Waals surface area (Å²) in [4.78, 5) is 0. The van der Waals surface area contributed by atoms with Gasteiger partial charge in [0, 0.05) is 35.0 Å². The lowest BCUT2D eigenvalue weighted by Crippen LogP contribution is -2.18. The highest BCUT2D eigenvalue weighted by Gasteiger charge is 2.23. The molecule has 0 unspecified atom stereocenters. The molecule has 0 saturated carbocycles. The van der Waals surface area contributed by atoms with E-state index in [-0.39, 0.29) is 0 Å². The molecule has 1 heterocycles. The maximum absolute atomic E-state index is 7.45. The fraction of sp³-hybridized carbons (Fsp3) is 0.0435. The molecule has 0 fully saturated rings. The third-order valence-corrected chi connectivity index (χ3v) is 10.8. The summed E-state index contributed by atoms with van der Waals surface area (Å²) in [6.07, 6.45) is 0.